The number of nitrogens with one attached hydrogen (secondary N) is 1. The Morgan fingerprint density at radius 3 is 2.32 bits per heavy atom. The van der Waals surface area contributed by atoms with Gasteiger partial charge in [0.2, 0.25) is 5.91 Å². The van der Waals surface area contributed by atoms with Gasteiger partial charge in [-0.1, -0.05) is 75.0 Å². The summed E-state index contributed by atoms with van der Waals surface area (Å²) in [5, 5.41) is 4.06. The Morgan fingerprint density at radius 1 is 1.09 bits per heavy atom. The van der Waals surface area contributed by atoms with Crippen molar-refractivity contribution in [2.75, 3.05) is 6.61 Å². The Bertz CT molecular complexity index is 996. The first kappa shape index (κ1) is 26.4. The Kier molecular flexibility index (Phi) is 8.89. The van der Waals surface area contributed by atoms with Crippen molar-refractivity contribution in [1.29, 1.82) is 0 Å². The molecule has 1 aliphatic carbocycles. The number of benzene rings is 2. The first-order valence-corrected chi connectivity index (χ1v) is 12.6. The smallest absolute Gasteiger partial charge is 0.261 e. The van der Waals surface area contributed by atoms with Gasteiger partial charge in [-0.25, -0.2) is 0 Å². The highest BCUT2D eigenvalue weighted by Crippen LogP contribution is 2.26. The maximum absolute atomic E-state index is 13.3. The molecule has 0 aliphatic heterocycles. The van der Waals surface area contributed by atoms with Crippen molar-refractivity contribution in [3.8, 4) is 5.75 Å². The number of carbonyl (C=O) groups is 2. The molecule has 1 N–H and O–H groups in total. The lowest BCUT2D eigenvalue weighted by atomic mass is 9.87. The van der Waals surface area contributed by atoms with Crippen molar-refractivity contribution >= 4 is 35.0 Å². The highest BCUT2D eigenvalue weighted by molar-refractivity contribution is 6.35. The standard InChI is InChI=1S/C27H34Cl2N2O3/c1-18(26(33)30-22-7-5-6-8-22)31(16-19-9-12-21(28)15-24(19)29)25(32)17-34-23-13-10-20(11-14-23)27(2,3)4/h9-15,18,22H,5-8,16-17H2,1-4H3,(H,30,33). The van der Waals surface area contributed by atoms with E-state index < -0.39 is 6.04 Å². The number of hydrogen-bond donors (Lipinski definition) is 1. The Labute approximate surface area is 212 Å². The molecule has 1 aliphatic rings. The van der Waals surface area contributed by atoms with Crippen molar-refractivity contribution in [2.45, 2.75) is 77.4 Å². The average molecular weight is 505 g/mol. The van der Waals surface area contributed by atoms with Crippen LogP contribution < -0.4 is 10.1 Å². The maximum Gasteiger partial charge on any atom is 0.261 e. The van der Waals surface area contributed by atoms with E-state index in [4.69, 9.17) is 27.9 Å². The second kappa shape index (κ2) is 11.5. The number of rotatable bonds is 8. The largest absolute Gasteiger partial charge is 0.484 e. The van der Waals surface area contributed by atoms with Gasteiger partial charge in [0.05, 0.1) is 0 Å². The molecule has 0 saturated heterocycles. The van der Waals surface area contributed by atoms with Gasteiger partial charge in [-0.15, -0.1) is 0 Å². The van der Waals surface area contributed by atoms with Gasteiger partial charge >= 0.3 is 0 Å². The van der Waals surface area contributed by atoms with E-state index in [1.807, 2.05) is 24.3 Å². The zero-order valence-electron chi connectivity index (χ0n) is 20.4. The Morgan fingerprint density at radius 2 is 1.74 bits per heavy atom. The highest BCUT2D eigenvalue weighted by atomic mass is 35.5. The lowest BCUT2D eigenvalue weighted by molar-refractivity contribution is -0.142. The van der Waals surface area contributed by atoms with E-state index in [2.05, 4.69) is 26.1 Å². The molecular weight excluding hydrogens is 471 g/mol. The van der Waals surface area contributed by atoms with Gasteiger partial charge in [0, 0.05) is 22.6 Å². The first-order chi connectivity index (χ1) is 16.0. The highest BCUT2D eigenvalue weighted by Gasteiger charge is 2.29. The summed E-state index contributed by atoms with van der Waals surface area (Å²) in [7, 11) is 0. The lowest BCUT2D eigenvalue weighted by Gasteiger charge is -2.30. The summed E-state index contributed by atoms with van der Waals surface area (Å²) in [5.74, 6) is 0.147. The molecule has 2 aromatic rings. The summed E-state index contributed by atoms with van der Waals surface area (Å²) >= 11 is 12.4. The predicted octanol–water partition coefficient (Wildman–Crippen LogP) is 6.15. The van der Waals surface area contributed by atoms with Crippen molar-refractivity contribution in [3.63, 3.8) is 0 Å². The van der Waals surface area contributed by atoms with Crippen molar-refractivity contribution in [2.24, 2.45) is 0 Å². The molecular formula is C27H34Cl2N2O3. The van der Waals surface area contributed by atoms with Crippen molar-refractivity contribution in [1.82, 2.24) is 10.2 Å². The van der Waals surface area contributed by atoms with Crippen LogP contribution in [0.4, 0.5) is 0 Å². The molecule has 1 unspecified atom stereocenters. The molecule has 0 bridgehead atoms. The molecule has 0 aromatic heterocycles. The van der Waals surface area contributed by atoms with Crippen LogP contribution in [0.3, 0.4) is 0 Å². The molecule has 7 heteroatoms. The monoisotopic (exact) mass is 504 g/mol. The minimum Gasteiger partial charge on any atom is -0.484 e. The van der Waals surface area contributed by atoms with Gasteiger partial charge < -0.3 is 15.0 Å². The minimum atomic E-state index is -0.674. The molecule has 34 heavy (non-hydrogen) atoms. The van der Waals surface area contributed by atoms with Gasteiger partial charge in [-0.3, -0.25) is 9.59 Å². The first-order valence-electron chi connectivity index (χ1n) is 11.8. The normalized spacial score (nSPS) is 15.1. The SMILES string of the molecule is CC(C(=O)NC1CCCC1)N(Cc1ccc(Cl)cc1Cl)C(=O)COc1ccc(C(C)(C)C)cc1. The summed E-state index contributed by atoms with van der Waals surface area (Å²) in [4.78, 5) is 27.8. The van der Waals surface area contributed by atoms with Crippen LogP contribution in [0.25, 0.3) is 0 Å². The molecule has 0 radical (unpaired) electrons. The maximum atomic E-state index is 13.3. The van der Waals surface area contributed by atoms with Crippen LogP contribution in [0.5, 0.6) is 5.75 Å². The second-order valence-electron chi connectivity index (χ2n) is 9.99. The fraction of sp³-hybridized carbons (Fsp3) is 0.481. The molecule has 1 saturated carbocycles. The third-order valence-electron chi connectivity index (χ3n) is 6.31. The van der Waals surface area contributed by atoms with Crippen LogP contribution >= 0.6 is 23.2 Å². The molecule has 1 atom stereocenters. The summed E-state index contributed by atoms with van der Waals surface area (Å²) in [6.07, 6.45) is 4.18. The number of hydrogen-bond acceptors (Lipinski definition) is 3. The van der Waals surface area contributed by atoms with E-state index in [1.54, 1.807) is 25.1 Å². The van der Waals surface area contributed by atoms with Crippen LogP contribution in [0, 0.1) is 0 Å². The molecule has 3 rings (SSSR count). The third kappa shape index (κ3) is 7.13. The number of carbonyl (C=O) groups excluding carboxylic acids is 2. The Hall–Kier alpha value is -2.24. The molecule has 5 nitrogen and oxygen atoms in total. The second-order valence-corrected chi connectivity index (χ2v) is 10.8. The number of amides is 2. The van der Waals surface area contributed by atoms with Gasteiger partial charge in [0.25, 0.3) is 5.91 Å². The molecule has 2 amide bonds. The number of ether oxygens (including phenoxy) is 1. The summed E-state index contributed by atoms with van der Waals surface area (Å²) in [6, 6.07) is 12.4. The summed E-state index contributed by atoms with van der Waals surface area (Å²) < 4.78 is 5.79. The van der Waals surface area contributed by atoms with Gasteiger partial charge in [0.1, 0.15) is 11.8 Å². The number of halogens is 2. The van der Waals surface area contributed by atoms with Crippen LogP contribution in [0.1, 0.15) is 64.5 Å². The van der Waals surface area contributed by atoms with E-state index in [1.165, 1.54) is 10.5 Å². The van der Waals surface area contributed by atoms with Crippen LogP contribution in [-0.4, -0.2) is 35.4 Å². The summed E-state index contributed by atoms with van der Waals surface area (Å²) in [5.41, 5.74) is 1.93. The zero-order chi connectivity index (χ0) is 24.9. The van der Waals surface area contributed by atoms with Crippen molar-refractivity contribution in [3.05, 3.63) is 63.6 Å². The van der Waals surface area contributed by atoms with E-state index in [0.29, 0.717) is 15.8 Å². The molecule has 1 fully saturated rings. The third-order valence-corrected chi connectivity index (χ3v) is 6.89. The number of nitrogens with zero attached hydrogens (tertiary/aromatic N) is 1. The van der Waals surface area contributed by atoms with Gasteiger partial charge in [-0.05, 0) is 60.6 Å². The van der Waals surface area contributed by atoms with E-state index >= 15 is 0 Å². The van der Waals surface area contributed by atoms with Crippen LogP contribution in [-0.2, 0) is 21.5 Å². The lowest BCUT2D eigenvalue weighted by Crippen LogP contribution is -2.50. The van der Waals surface area contributed by atoms with E-state index in [0.717, 1.165) is 31.2 Å². The van der Waals surface area contributed by atoms with E-state index in [9.17, 15) is 9.59 Å². The predicted molar refractivity (Wildman–Crippen MR) is 138 cm³/mol. The molecule has 184 valence electrons. The van der Waals surface area contributed by atoms with Crippen LogP contribution in [0.2, 0.25) is 10.0 Å². The minimum absolute atomic E-state index is 0.0328. The van der Waals surface area contributed by atoms with E-state index in [-0.39, 0.29) is 36.4 Å². The fourth-order valence-corrected chi connectivity index (χ4v) is 4.56. The van der Waals surface area contributed by atoms with Gasteiger partial charge in [0.15, 0.2) is 6.61 Å². The fourth-order valence-electron chi connectivity index (χ4n) is 4.09. The average Bonchev–Trinajstić information content (AvgIpc) is 3.29. The Balaban J connectivity index is 1.73. The topological polar surface area (TPSA) is 58.6 Å². The summed E-state index contributed by atoms with van der Waals surface area (Å²) in [6.45, 7) is 8.17. The molecule has 2 aromatic carbocycles. The zero-order valence-corrected chi connectivity index (χ0v) is 21.9. The molecule has 0 spiro atoms. The molecule has 0 heterocycles. The van der Waals surface area contributed by atoms with Gasteiger partial charge in [-0.2, -0.15) is 0 Å². The quantitative estimate of drug-likeness (QED) is 0.469. The van der Waals surface area contributed by atoms with Crippen molar-refractivity contribution < 1.29 is 14.3 Å². The van der Waals surface area contributed by atoms with Crippen LogP contribution in [0.15, 0.2) is 42.5 Å².